The van der Waals surface area contributed by atoms with Crippen LogP contribution in [0.3, 0.4) is 0 Å². The van der Waals surface area contributed by atoms with Crippen LogP contribution in [0.2, 0.25) is 0 Å². The molecule has 1 aliphatic carbocycles. The summed E-state index contributed by atoms with van der Waals surface area (Å²) in [5.41, 5.74) is -1.36. The molecule has 0 amide bonds. The summed E-state index contributed by atoms with van der Waals surface area (Å²) in [5, 5.41) is 10.3. The number of halogens is 3. The number of Topliss-reactive ketones (excluding diaryl/α,β-unsaturated/α-hetero) is 1. The molecule has 0 atom stereocenters. The maximum Gasteiger partial charge on any atom is 0.208 e. The average molecular weight is 291 g/mol. The van der Waals surface area contributed by atoms with Gasteiger partial charge in [0.05, 0.1) is 0 Å². The molecule has 1 aliphatic rings. The van der Waals surface area contributed by atoms with Crippen LogP contribution in [0, 0.1) is 5.82 Å². The van der Waals surface area contributed by atoms with E-state index in [9.17, 15) is 14.3 Å². The zero-order chi connectivity index (χ0) is 13.4. The Morgan fingerprint density at radius 1 is 1.33 bits per heavy atom. The molecule has 18 heavy (non-hydrogen) atoms. The molecular formula is C13H13Cl2FO2. The van der Waals surface area contributed by atoms with Gasteiger partial charge in [-0.25, -0.2) is 4.39 Å². The lowest BCUT2D eigenvalue weighted by atomic mass is 9.91. The largest absolute Gasteiger partial charge is 0.386 e. The number of hydrogen-bond donors (Lipinski definition) is 1. The Morgan fingerprint density at radius 3 is 2.50 bits per heavy atom. The molecule has 0 unspecified atom stereocenters. The van der Waals surface area contributed by atoms with Gasteiger partial charge in [-0.2, -0.15) is 0 Å². The number of alkyl halides is 2. The molecule has 1 fully saturated rings. The lowest BCUT2D eigenvalue weighted by Crippen LogP contribution is -2.49. The van der Waals surface area contributed by atoms with E-state index in [1.54, 1.807) is 0 Å². The summed E-state index contributed by atoms with van der Waals surface area (Å²) >= 11 is 12.1. The lowest BCUT2D eigenvalue weighted by molar-refractivity contribution is 0.0292. The molecule has 5 heteroatoms. The molecule has 2 rings (SSSR count). The smallest absolute Gasteiger partial charge is 0.208 e. The maximum absolute atomic E-state index is 13.1. The quantitative estimate of drug-likeness (QED) is 0.683. The van der Waals surface area contributed by atoms with Crippen LogP contribution in [-0.4, -0.2) is 20.8 Å². The molecule has 0 heterocycles. The van der Waals surface area contributed by atoms with Crippen LogP contribution < -0.4 is 0 Å². The third-order valence-corrected chi connectivity index (χ3v) is 4.43. The van der Waals surface area contributed by atoms with E-state index in [1.165, 1.54) is 18.2 Å². The van der Waals surface area contributed by atoms with Gasteiger partial charge in [0.1, 0.15) is 11.4 Å². The van der Waals surface area contributed by atoms with Crippen LogP contribution in [0.15, 0.2) is 24.3 Å². The van der Waals surface area contributed by atoms with Crippen LogP contribution in [-0.2, 0) is 0 Å². The molecular weight excluding hydrogens is 278 g/mol. The van der Waals surface area contributed by atoms with Crippen molar-refractivity contribution in [1.29, 1.82) is 0 Å². The summed E-state index contributed by atoms with van der Waals surface area (Å²) in [6, 6.07) is 5.14. The van der Waals surface area contributed by atoms with Gasteiger partial charge < -0.3 is 5.11 Å². The molecule has 1 saturated carbocycles. The molecule has 0 radical (unpaired) electrons. The first kappa shape index (κ1) is 13.8. The minimum atomic E-state index is -1.93. The molecule has 0 bridgehead atoms. The van der Waals surface area contributed by atoms with Crippen molar-refractivity contribution in [3.05, 3.63) is 35.6 Å². The van der Waals surface area contributed by atoms with Crippen LogP contribution >= 0.6 is 23.2 Å². The van der Waals surface area contributed by atoms with Gasteiger partial charge in [0.25, 0.3) is 0 Å². The van der Waals surface area contributed by atoms with Gasteiger partial charge in [-0.1, -0.05) is 48.2 Å². The number of carbonyl (C=O) groups is 1. The van der Waals surface area contributed by atoms with Crippen molar-refractivity contribution in [3.63, 3.8) is 0 Å². The molecule has 1 aromatic rings. The van der Waals surface area contributed by atoms with Crippen molar-refractivity contribution in [1.82, 2.24) is 0 Å². The minimum Gasteiger partial charge on any atom is -0.386 e. The Labute approximate surface area is 115 Å². The van der Waals surface area contributed by atoms with E-state index < -0.39 is 21.5 Å². The summed E-state index contributed by atoms with van der Waals surface area (Å²) in [5.74, 6) is -1.20. The van der Waals surface area contributed by atoms with Crippen LogP contribution in [0.4, 0.5) is 4.39 Å². The fraction of sp³-hybridized carbons (Fsp3) is 0.462. The summed E-state index contributed by atoms with van der Waals surface area (Å²) in [7, 11) is 0. The van der Waals surface area contributed by atoms with Crippen molar-refractivity contribution in [3.8, 4) is 0 Å². The van der Waals surface area contributed by atoms with Crippen molar-refractivity contribution < 1.29 is 14.3 Å². The van der Waals surface area contributed by atoms with E-state index in [2.05, 4.69) is 0 Å². The summed E-state index contributed by atoms with van der Waals surface area (Å²) in [6.07, 6.45) is 2.30. The van der Waals surface area contributed by atoms with Gasteiger partial charge in [0, 0.05) is 5.56 Å². The summed E-state index contributed by atoms with van der Waals surface area (Å²) in [6.45, 7) is 0. The number of rotatable bonds is 3. The van der Waals surface area contributed by atoms with Gasteiger partial charge in [-0.05, 0) is 25.0 Å². The highest BCUT2D eigenvalue weighted by Gasteiger charge is 2.54. The predicted molar refractivity (Wildman–Crippen MR) is 68.6 cm³/mol. The molecule has 1 N–H and O–H groups in total. The van der Waals surface area contributed by atoms with Crippen LogP contribution in [0.5, 0.6) is 0 Å². The van der Waals surface area contributed by atoms with Crippen molar-refractivity contribution in [2.24, 2.45) is 0 Å². The molecule has 98 valence electrons. The standard InChI is InChI=1S/C13H13Cl2FO2/c14-13(15,12(18)6-1-2-7-12)11(17)9-4-3-5-10(16)8-9/h3-5,8,18H,1-2,6-7H2. The molecule has 1 aromatic carbocycles. The molecule has 0 aliphatic heterocycles. The predicted octanol–water partition coefficient (Wildman–Crippen LogP) is 3.49. The first-order valence-electron chi connectivity index (χ1n) is 5.77. The number of hydrogen-bond acceptors (Lipinski definition) is 2. The second-order valence-corrected chi connectivity index (χ2v) is 5.98. The van der Waals surface area contributed by atoms with E-state index >= 15 is 0 Å². The topological polar surface area (TPSA) is 37.3 Å². The molecule has 0 spiro atoms. The van der Waals surface area contributed by atoms with Gasteiger partial charge in [0.15, 0.2) is 0 Å². The minimum absolute atomic E-state index is 0.0697. The van der Waals surface area contributed by atoms with Crippen molar-refractivity contribution in [2.75, 3.05) is 0 Å². The van der Waals surface area contributed by atoms with E-state index in [-0.39, 0.29) is 5.56 Å². The van der Waals surface area contributed by atoms with Crippen molar-refractivity contribution >= 4 is 29.0 Å². The second kappa shape index (κ2) is 4.80. The average Bonchev–Trinajstić information content (AvgIpc) is 2.77. The number of carbonyl (C=O) groups excluding carboxylic acids is 1. The van der Waals surface area contributed by atoms with E-state index in [4.69, 9.17) is 23.2 Å². The third-order valence-electron chi connectivity index (χ3n) is 3.39. The maximum atomic E-state index is 13.1. The first-order valence-corrected chi connectivity index (χ1v) is 6.53. The normalized spacial score (nSPS) is 18.9. The van der Waals surface area contributed by atoms with Crippen LogP contribution in [0.1, 0.15) is 36.0 Å². The fourth-order valence-electron chi connectivity index (χ4n) is 2.30. The van der Waals surface area contributed by atoms with E-state index in [1.807, 2.05) is 0 Å². The highest BCUT2D eigenvalue weighted by molar-refractivity contribution is 6.60. The summed E-state index contributed by atoms with van der Waals surface area (Å²) < 4.78 is 11.2. The highest BCUT2D eigenvalue weighted by atomic mass is 35.5. The Hall–Kier alpha value is -0.640. The number of benzene rings is 1. The Bertz CT molecular complexity index is 468. The van der Waals surface area contributed by atoms with Gasteiger partial charge in [-0.3, -0.25) is 4.79 Å². The SMILES string of the molecule is O=C(c1cccc(F)c1)C(Cl)(Cl)C1(O)CCCC1. The van der Waals surface area contributed by atoms with Crippen molar-refractivity contribution in [2.45, 2.75) is 35.6 Å². The van der Waals surface area contributed by atoms with E-state index in [0.717, 1.165) is 18.9 Å². The van der Waals surface area contributed by atoms with E-state index in [0.29, 0.717) is 12.8 Å². The Kier molecular flexibility index (Phi) is 3.67. The van der Waals surface area contributed by atoms with Crippen LogP contribution in [0.25, 0.3) is 0 Å². The second-order valence-electron chi connectivity index (χ2n) is 4.65. The van der Waals surface area contributed by atoms with Gasteiger partial charge in [0.2, 0.25) is 10.1 Å². The zero-order valence-corrected chi connectivity index (χ0v) is 11.1. The Balaban J connectivity index is 2.32. The van der Waals surface area contributed by atoms with Gasteiger partial charge in [-0.15, -0.1) is 0 Å². The molecule has 2 nitrogen and oxygen atoms in total. The highest BCUT2D eigenvalue weighted by Crippen LogP contribution is 2.46. The zero-order valence-electron chi connectivity index (χ0n) is 9.63. The molecule has 0 aromatic heterocycles. The first-order chi connectivity index (χ1) is 8.37. The lowest BCUT2D eigenvalue weighted by Gasteiger charge is -2.34. The van der Waals surface area contributed by atoms with Gasteiger partial charge >= 0.3 is 0 Å². The summed E-state index contributed by atoms with van der Waals surface area (Å²) in [4.78, 5) is 12.2. The number of aliphatic hydroxyl groups is 1. The monoisotopic (exact) mass is 290 g/mol. The molecule has 0 saturated heterocycles. The Morgan fingerprint density at radius 2 is 1.94 bits per heavy atom. The fourth-order valence-corrected chi connectivity index (χ4v) is 2.89. The third kappa shape index (κ3) is 2.27. The number of ketones is 1.